The largest absolute Gasteiger partial charge is 0.341 e. The number of rotatable bonds is 3. The van der Waals surface area contributed by atoms with Crippen LogP contribution in [-0.2, 0) is 0 Å². The van der Waals surface area contributed by atoms with Crippen molar-refractivity contribution in [3.63, 3.8) is 0 Å². The first kappa shape index (κ1) is 13.8. The summed E-state index contributed by atoms with van der Waals surface area (Å²) in [5, 5.41) is 0.237. The average molecular weight is 335 g/mol. The fourth-order valence-corrected chi connectivity index (χ4v) is 3.02. The van der Waals surface area contributed by atoms with Crippen molar-refractivity contribution in [3.05, 3.63) is 34.1 Å². The Morgan fingerprint density at radius 1 is 1.56 bits per heavy atom. The van der Waals surface area contributed by atoms with E-state index in [1.165, 1.54) is 6.07 Å². The molecule has 0 bridgehead atoms. The Kier molecular flexibility index (Phi) is 4.28. The molecule has 0 aliphatic heterocycles. The van der Waals surface area contributed by atoms with E-state index in [1.807, 2.05) is 0 Å². The lowest BCUT2D eigenvalue weighted by molar-refractivity contribution is 0.0742. The molecule has 0 aromatic heterocycles. The Morgan fingerprint density at radius 2 is 2.22 bits per heavy atom. The highest BCUT2D eigenvalue weighted by Gasteiger charge is 2.29. The quantitative estimate of drug-likeness (QED) is 0.772. The molecule has 1 aliphatic carbocycles. The van der Waals surface area contributed by atoms with Crippen LogP contribution >= 0.6 is 27.5 Å². The third kappa shape index (κ3) is 2.86. The van der Waals surface area contributed by atoms with Gasteiger partial charge >= 0.3 is 0 Å². The summed E-state index contributed by atoms with van der Waals surface area (Å²) >= 11 is 8.98. The standard InChI is InChI=1S/C13H14BrClFNO/c1-17(7-8-5-9(15)6-8)13(18)10-3-2-4-11(14)12(10)16/h2-4,8-9H,5-7H2,1H3. The van der Waals surface area contributed by atoms with Crippen molar-refractivity contribution in [1.29, 1.82) is 0 Å². The predicted molar refractivity (Wildman–Crippen MR) is 73.4 cm³/mol. The van der Waals surface area contributed by atoms with E-state index in [9.17, 15) is 9.18 Å². The molecule has 1 saturated carbocycles. The van der Waals surface area contributed by atoms with Gasteiger partial charge in [0.1, 0.15) is 5.82 Å². The lowest BCUT2D eigenvalue weighted by Gasteiger charge is -2.34. The average Bonchev–Trinajstić information content (AvgIpc) is 2.30. The molecule has 0 heterocycles. The van der Waals surface area contributed by atoms with Gasteiger partial charge in [0.25, 0.3) is 5.91 Å². The maximum Gasteiger partial charge on any atom is 0.256 e. The topological polar surface area (TPSA) is 20.3 Å². The van der Waals surface area contributed by atoms with Gasteiger partial charge in [-0.25, -0.2) is 4.39 Å². The maximum atomic E-state index is 13.8. The predicted octanol–water partition coefficient (Wildman–Crippen LogP) is 3.68. The van der Waals surface area contributed by atoms with Crippen molar-refractivity contribution in [2.45, 2.75) is 18.2 Å². The second-order valence-electron chi connectivity index (χ2n) is 4.72. The summed E-state index contributed by atoms with van der Waals surface area (Å²) in [6.07, 6.45) is 1.86. The normalized spacial score (nSPS) is 22.4. The third-order valence-corrected chi connectivity index (χ3v) is 4.21. The van der Waals surface area contributed by atoms with Crippen molar-refractivity contribution in [3.8, 4) is 0 Å². The number of alkyl halides is 1. The summed E-state index contributed by atoms with van der Waals surface area (Å²) in [6.45, 7) is 0.633. The van der Waals surface area contributed by atoms with Gasteiger partial charge in [-0.2, -0.15) is 0 Å². The molecule has 1 amide bonds. The van der Waals surface area contributed by atoms with E-state index >= 15 is 0 Å². The summed E-state index contributed by atoms with van der Waals surface area (Å²) in [7, 11) is 1.70. The zero-order valence-electron chi connectivity index (χ0n) is 10.00. The van der Waals surface area contributed by atoms with Gasteiger partial charge in [0, 0.05) is 19.0 Å². The molecule has 0 unspecified atom stereocenters. The van der Waals surface area contributed by atoms with Gasteiger partial charge in [-0.1, -0.05) is 6.07 Å². The van der Waals surface area contributed by atoms with E-state index < -0.39 is 5.82 Å². The zero-order chi connectivity index (χ0) is 13.3. The number of halogens is 3. The molecule has 0 atom stereocenters. The van der Waals surface area contributed by atoms with E-state index in [2.05, 4.69) is 15.9 Å². The van der Waals surface area contributed by atoms with Crippen molar-refractivity contribution < 1.29 is 9.18 Å². The Labute approximate surface area is 119 Å². The molecular formula is C13H14BrClFNO. The van der Waals surface area contributed by atoms with Crippen LogP contribution in [0, 0.1) is 11.7 Å². The van der Waals surface area contributed by atoms with Crippen molar-refractivity contribution in [2.24, 2.45) is 5.92 Å². The zero-order valence-corrected chi connectivity index (χ0v) is 12.3. The van der Waals surface area contributed by atoms with Crippen LogP contribution in [-0.4, -0.2) is 29.8 Å². The first-order valence-corrected chi connectivity index (χ1v) is 7.05. The first-order valence-electron chi connectivity index (χ1n) is 5.82. The minimum Gasteiger partial charge on any atom is -0.341 e. The van der Waals surface area contributed by atoms with Gasteiger partial charge in [-0.15, -0.1) is 11.6 Å². The van der Waals surface area contributed by atoms with E-state index in [0.29, 0.717) is 16.9 Å². The molecule has 0 spiro atoms. The fourth-order valence-electron chi connectivity index (χ4n) is 2.15. The Morgan fingerprint density at radius 3 is 2.83 bits per heavy atom. The van der Waals surface area contributed by atoms with Gasteiger partial charge in [0.05, 0.1) is 10.0 Å². The van der Waals surface area contributed by atoms with E-state index in [-0.39, 0.29) is 16.8 Å². The Hall–Kier alpha value is -0.610. The Balaban J connectivity index is 2.04. The minimum absolute atomic E-state index is 0.105. The molecule has 0 radical (unpaired) electrons. The molecule has 0 saturated heterocycles. The molecule has 1 aliphatic rings. The van der Waals surface area contributed by atoms with Gasteiger partial charge in [-0.3, -0.25) is 4.79 Å². The Bertz CT molecular complexity index is 462. The lowest BCUT2D eigenvalue weighted by Crippen LogP contribution is -2.38. The SMILES string of the molecule is CN(CC1CC(Cl)C1)C(=O)c1cccc(Br)c1F. The molecule has 0 N–H and O–H groups in total. The summed E-state index contributed by atoms with van der Waals surface area (Å²) in [5.74, 6) is -0.346. The van der Waals surface area contributed by atoms with Crippen molar-refractivity contribution in [1.82, 2.24) is 4.90 Å². The van der Waals surface area contributed by atoms with Crippen molar-refractivity contribution in [2.75, 3.05) is 13.6 Å². The molecular weight excluding hydrogens is 321 g/mol. The molecule has 1 aromatic carbocycles. The number of benzene rings is 1. The number of amides is 1. The van der Waals surface area contributed by atoms with Crippen LogP contribution in [0.2, 0.25) is 0 Å². The lowest BCUT2D eigenvalue weighted by atomic mass is 9.84. The van der Waals surface area contributed by atoms with Gasteiger partial charge in [0.15, 0.2) is 0 Å². The van der Waals surface area contributed by atoms with Gasteiger partial charge in [-0.05, 0) is 46.8 Å². The van der Waals surface area contributed by atoms with Crippen LogP contribution in [0.25, 0.3) is 0 Å². The van der Waals surface area contributed by atoms with E-state index in [0.717, 1.165) is 12.8 Å². The van der Waals surface area contributed by atoms with E-state index in [4.69, 9.17) is 11.6 Å². The number of carbonyl (C=O) groups is 1. The molecule has 5 heteroatoms. The molecule has 1 aromatic rings. The number of hydrogen-bond donors (Lipinski definition) is 0. The summed E-state index contributed by atoms with van der Waals surface area (Å²) < 4.78 is 14.1. The number of nitrogens with zero attached hydrogens (tertiary/aromatic N) is 1. The fraction of sp³-hybridized carbons (Fsp3) is 0.462. The molecule has 2 rings (SSSR count). The highest BCUT2D eigenvalue weighted by atomic mass is 79.9. The van der Waals surface area contributed by atoms with E-state index in [1.54, 1.807) is 24.1 Å². The molecule has 1 fully saturated rings. The van der Waals surface area contributed by atoms with Crippen LogP contribution in [0.3, 0.4) is 0 Å². The first-order chi connectivity index (χ1) is 8.49. The van der Waals surface area contributed by atoms with Crippen LogP contribution in [0.5, 0.6) is 0 Å². The highest BCUT2D eigenvalue weighted by Crippen LogP contribution is 2.32. The van der Waals surface area contributed by atoms with Crippen LogP contribution < -0.4 is 0 Å². The third-order valence-electron chi connectivity index (χ3n) is 3.24. The highest BCUT2D eigenvalue weighted by molar-refractivity contribution is 9.10. The van der Waals surface area contributed by atoms with Crippen molar-refractivity contribution >= 4 is 33.4 Å². The smallest absolute Gasteiger partial charge is 0.256 e. The monoisotopic (exact) mass is 333 g/mol. The maximum absolute atomic E-state index is 13.8. The van der Waals surface area contributed by atoms with Gasteiger partial charge < -0.3 is 4.90 Å². The van der Waals surface area contributed by atoms with Gasteiger partial charge in [0.2, 0.25) is 0 Å². The summed E-state index contributed by atoms with van der Waals surface area (Å²) in [6, 6.07) is 4.74. The summed E-state index contributed by atoms with van der Waals surface area (Å²) in [5.41, 5.74) is 0.105. The molecule has 98 valence electrons. The second-order valence-corrected chi connectivity index (χ2v) is 6.19. The molecule has 18 heavy (non-hydrogen) atoms. The molecule has 2 nitrogen and oxygen atoms in total. The number of carbonyl (C=O) groups excluding carboxylic acids is 1. The van der Waals surface area contributed by atoms with Crippen LogP contribution in [0.4, 0.5) is 4.39 Å². The number of hydrogen-bond acceptors (Lipinski definition) is 1. The second kappa shape index (κ2) is 5.57. The minimum atomic E-state index is -0.502. The summed E-state index contributed by atoms with van der Waals surface area (Å²) in [4.78, 5) is 13.7. The van der Waals surface area contributed by atoms with Crippen LogP contribution in [0.1, 0.15) is 23.2 Å². The van der Waals surface area contributed by atoms with Crippen LogP contribution in [0.15, 0.2) is 22.7 Å².